The highest BCUT2D eigenvalue weighted by Crippen LogP contribution is 2.00. The molecule has 0 atom stereocenters. The van der Waals surface area contributed by atoms with E-state index in [0.717, 1.165) is 12.8 Å². The first-order valence-electron chi connectivity index (χ1n) is 4.70. The highest BCUT2D eigenvalue weighted by molar-refractivity contribution is 5.87. The van der Waals surface area contributed by atoms with Crippen LogP contribution < -0.4 is 5.32 Å². The average Bonchev–Trinajstić information content (AvgIpc) is 2.14. The molecule has 0 aromatic carbocycles. The van der Waals surface area contributed by atoms with Crippen LogP contribution in [0.3, 0.4) is 0 Å². The SMILES string of the molecule is CCCC=C(C)C(=O)OCCNC. The minimum absolute atomic E-state index is 0.205. The molecule has 3 heteroatoms. The van der Waals surface area contributed by atoms with Crippen molar-refractivity contribution in [1.82, 2.24) is 5.32 Å². The minimum atomic E-state index is -0.205. The largest absolute Gasteiger partial charge is 0.461 e. The Morgan fingerprint density at radius 1 is 1.54 bits per heavy atom. The van der Waals surface area contributed by atoms with Crippen molar-refractivity contribution < 1.29 is 9.53 Å². The molecule has 0 aromatic rings. The second-order valence-electron chi connectivity index (χ2n) is 2.92. The van der Waals surface area contributed by atoms with Crippen LogP contribution in [-0.2, 0) is 9.53 Å². The van der Waals surface area contributed by atoms with Crippen molar-refractivity contribution in [3.05, 3.63) is 11.6 Å². The first-order chi connectivity index (χ1) is 6.22. The number of allylic oxidation sites excluding steroid dienone is 1. The van der Waals surface area contributed by atoms with Gasteiger partial charge in [-0.2, -0.15) is 0 Å². The van der Waals surface area contributed by atoms with Crippen molar-refractivity contribution in [2.75, 3.05) is 20.2 Å². The van der Waals surface area contributed by atoms with Crippen molar-refractivity contribution in [3.8, 4) is 0 Å². The third-order valence-corrected chi connectivity index (χ3v) is 1.65. The lowest BCUT2D eigenvalue weighted by atomic mass is 10.2. The minimum Gasteiger partial charge on any atom is -0.461 e. The highest BCUT2D eigenvalue weighted by Gasteiger charge is 2.03. The molecule has 3 nitrogen and oxygen atoms in total. The van der Waals surface area contributed by atoms with Crippen molar-refractivity contribution in [2.45, 2.75) is 26.7 Å². The number of carbonyl (C=O) groups is 1. The molecule has 0 saturated heterocycles. The fourth-order valence-corrected chi connectivity index (χ4v) is 0.804. The van der Waals surface area contributed by atoms with E-state index in [-0.39, 0.29) is 5.97 Å². The summed E-state index contributed by atoms with van der Waals surface area (Å²) in [6.45, 7) is 5.01. The molecule has 1 N–H and O–H groups in total. The van der Waals surface area contributed by atoms with Crippen molar-refractivity contribution in [2.24, 2.45) is 0 Å². The van der Waals surface area contributed by atoms with Gasteiger partial charge in [-0.3, -0.25) is 0 Å². The predicted octanol–water partition coefficient (Wildman–Crippen LogP) is 1.50. The van der Waals surface area contributed by atoms with E-state index in [2.05, 4.69) is 12.2 Å². The van der Waals surface area contributed by atoms with Crippen molar-refractivity contribution in [1.29, 1.82) is 0 Å². The van der Waals surface area contributed by atoms with Gasteiger partial charge < -0.3 is 10.1 Å². The van der Waals surface area contributed by atoms with Gasteiger partial charge >= 0.3 is 5.97 Å². The van der Waals surface area contributed by atoms with Gasteiger partial charge in [0.15, 0.2) is 0 Å². The van der Waals surface area contributed by atoms with Crippen LogP contribution in [-0.4, -0.2) is 26.2 Å². The zero-order chi connectivity index (χ0) is 10.1. The number of carbonyl (C=O) groups excluding carboxylic acids is 1. The van der Waals surface area contributed by atoms with Crippen LogP contribution >= 0.6 is 0 Å². The van der Waals surface area contributed by atoms with Gasteiger partial charge in [0, 0.05) is 12.1 Å². The molecular formula is C10H19NO2. The second-order valence-corrected chi connectivity index (χ2v) is 2.92. The molecule has 0 amide bonds. The molecule has 0 aromatic heterocycles. The van der Waals surface area contributed by atoms with Crippen LogP contribution in [0.5, 0.6) is 0 Å². The number of likely N-dealkylation sites (N-methyl/N-ethyl adjacent to an activating group) is 1. The number of rotatable bonds is 6. The van der Waals surface area contributed by atoms with Gasteiger partial charge in [0.05, 0.1) is 0 Å². The quantitative estimate of drug-likeness (QED) is 0.387. The number of nitrogens with one attached hydrogen (secondary N) is 1. The molecule has 0 unspecified atom stereocenters. The summed E-state index contributed by atoms with van der Waals surface area (Å²) in [4.78, 5) is 11.2. The van der Waals surface area contributed by atoms with Crippen LogP contribution in [0.2, 0.25) is 0 Å². The number of hydrogen-bond acceptors (Lipinski definition) is 3. The molecule has 0 aliphatic rings. The van der Waals surface area contributed by atoms with E-state index in [4.69, 9.17) is 4.74 Å². The molecule has 0 saturated carbocycles. The predicted molar refractivity (Wildman–Crippen MR) is 53.6 cm³/mol. The molecule has 0 radical (unpaired) electrons. The lowest BCUT2D eigenvalue weighted by Crippen LogP contribution is -2.17. The maximum Gasteiger partial charge on any atom is 0.333 e. The Balaban J connectivity index is 3.69. The first-order valence-corrected chi connectivity index (χ1v) is 4.70. The van der Waals surface area contributed by atoms with E-state index in [1.165, 1.54) is 0 Å². The summed E-state index contributed by atoms with van der Waals surface area (Å²) in [6.07, 6.45) is 3.91. The van der Waals surface area contributed by atoms with E-state index < -0.39 is 0 Å². The normalized spacial score (nSPS) is 11.5. The molecular weight excluding hydrogens is 166 g/mol. The van der Waals surface area contributed by atoms with Gasteiger partial charge in [-0.25, -0.2) is 4.79 Å². The fourth-order valence-electron chi connectivity index (χ4n) is 0.804. The molecule has 0 aliphatic carbocycles. The van der Waals surface area contributed by atoms with E-state index in [1.54, 1.807) is 6.92 Å². The lowest BCUT2D eigenvalue weighted by Gasteiger charge is -2.03. The zero-order valence-electron chi connectivity index (χ0n) is 8.72. The number of esters is 1. The Morgan fingerprint density at radius 2 is 2.23 bits per heavy atom. The molecule has 0 rings (SSSR count). The summed E-state index contributed by atoms with van der Waals surface area (Å²) in [6, 6.07) is 0. The molecule has 0 aliphatic heterocycles. The molecule has 0 spiro atoms. The smallest absolute Gasteiger partial charge is 0.333 e. The molecule has 0 fully saturated rings. The third-order valence-electron chi connectivity index (χ3n) is 1.65. The number of ether oxygens (including phenoxy) is 1. The standard InChI is InChI=1S/C10H19NO2/c1-4-5-6-9(2)10(12)13-8-7-11-3/h6,11H,4-5,7-8H2,1-3H3. The molecule has 0 heterocycles. The van der Waals surface area contributed by atoms with E-state index in [0.29, 0.717) is 18.7 Å². The van der Waals surface area contributed by atoms with Crippen LogP contribution in [0.4, 0.5) is 0 Å². The van der Waals surface area contributed by atoms with Gasteiger partial charge in [0.2, 0.25) is 0 Å². The van der Waals surface area contributed by atoms with Gasteiger partial charge in [-0.15, -0.1) is 0 Å². The Labute approximate surface area is 80.2 Å². The van der Waals surface area contributed by atoms with Gasteiger partial charge in [0.1, 0.15) is 6.61 Å². The molecule has 0 bridgehead atoms. The topological polar surface area (TPSA) is 38.3 Å². The van der Waals surface area contributed by atoms with Crippen LogP contribution in [0.1, 0.15) is 26.7 Å². The maximum atomic E-state index is 11.2. The Morgan fingerprint density at radius 3 is 2.77 bits per heavy atom. The maximum absolute atomic E-state index is 11.2. The number of unbranched alkanes of at least 4 members (excludes halogenated alkanes) is 1. The van der Waals surface area contributed by atoms with Crippen LogP contribution in [0, 0.1) is 0 Å². The first kappa shape index (κ1) is 12.2. The second kappa shape index (κ2) is 7.80. The summed E-state index contributed by atoms with van der Waals surface area (Å²) in [7, 11) is 1.83. The third kappa shape index (κ3) is 6.34. The summed E-state index contributed by atoms with van der Waals surface area (Å²) in [5.41, 5.74) is 0.706. The van der Waals surface area contributed by atoms with Gasteiger partial charge in [-0.1, -0.05) is 19.4 Å². The molecule has 76 valence electrons. The summed E-state index contributed by atoms with van der Waals surface area (Å²) < 4.78 is 4.97. The van der Waals surface area contributed by atoms with E-state index >= 15 is 0 Å². The van der Waals surface area contributed by atoms with Gasteiger partial charge in [0.25, 0.3) is 0 Å². The summed E-state index contributed by atoms with van der Waals surface area (Å²) >= 11 is 0. The Kier molecular flexibility index (Phi) is 7.30. The Bertz CT molecular complexity index is 176. The fraction of sp³-hybridized carbons (Fsp3) is 0.700. The van der Waals surface area contributed by atoms with E-state index in [9.17, 15) is 4.79 Å². The molecule has 13 heavy (non-hydrogen) atoms. The summed E-state index contributed by atoms with van der Waals surface area (Å²) in [5, 5.41) is 2.91. The van der Waals surface area contributed by atoms with Gasteiger partial charge in [-0.05, 0) is 20.4 Å². The zero-order valence-corrected chi connectivity index (χ0v) is 8.72. The van der Waals surface area contributed by atoms with Crippen molar-refractivity contribution >= 4 is 5.97 Å². The summed E-state index contributed by atoms with van der Waals surface area (Å²) in [5.74, 6) is -0.205. The lowest BCUT2D eigenvalue weighted by molar-refractivity contribution is -0.138. The Hall–Kier alpha value is -0.830. The van der Waals surface area contributed by atoms with Crippen molar-refractivity contribution in [3.63, 3.8) is 0 Å². The average molecular weight is 185 g/mol. The monoisotopic (exact) mass is 185 g/mol. The number of hydrogen-bond donors (Lipinski definition) is 1. The van der Waals surface area contributed by atoms with Crippen LogP contribution in [0.15, 0.2) is 11.6 Å². The highest BCUT2D eigenvalue weighted by atomic mass is 16.5. The van der Waals surface area contributed by atoms with Crippen LogP contribution in [0.25, 0.3) is 0 Å². The van der Waals surface area contributed by atoms with E-state index in [1.807, 2.05) is 13.1 Å².